The van der Waals surface area contributed by atoms with Crippen molar-refractivity contribution >= 4 is 5.57 Å². The summed E-state index contributed by atoms with van der Waals surface area (Å²) in [5, 5.41) is 0. The fraction of sp³-hybridized carbons (Fsp3) is 0.368. The maximum atomic E-state index is 12.6. The first-order valence-electron chi connectivity index (χ1n) is 8.11. The molecule has 2 aromatic rings. The van der Waals surface area contributed by atoms with Crippen molar-refractivity contribution in [2.75, 3.05) is 0 Å². The van der Waals surface area contributed by atoms with Crippen LogP contribution in [0.4, 0.5) is 13.2 Å². The highest BCUT2D eigenvalue weighted by atomic mass is 19.4. The van der Waals surface area contributed by atoms with E-state index in [0.717, 1.165) is 42.1 Å². The average Bonchev–Trinajstić information content (AvgIpc) is 2.55. The number of hydrogen-bond acceptors (Lipinski definition) is 2. The van der Waals surface area contributed by atoms with Crippen molar-refractivity contribution in [1.82, 2.24) is 9.97 Å². The molecule has 0 atom stereocenters. The molecule has 2 aromatic heterocycles. The first-order valence-corrected chi connectivity index (χ1v) is 8.11. The van der Waals surface area contributed by atoms with Crippen LogP contribution in [-0.2, 0) is 12.6 Å². The molecule has 24 heavy (non-hydrogen) atoms. The fourth-order valence-electron chi connectivity index (χ4n) is 2.62. The monoisotopic (exact) mass is 334 g/mol. The molecule has 0 radical (unpaired) electrons. The van der Waals surface area contributed by atoms with Gasteiger partial charge >= 0.3 is 6.18 Å². The molecule has 0 fully saturated rings. The van der Waals surface area contributed by atoms with Crippen molar-refractivity contribution in [2.24, 2.45) is 0 Å². The molecule has 0 aromatic carbocycles. The van der Waals surface area contributed by atoms with Gasteiger partial charge in [-0.1, -0.05) is 38.5 Å². The molecule has 128 valence electrons. The lowest BCUT2D eigenvalue weighted by molar-refractivity contribution is -0.141. The number of allylic oxidation sites excluding steroid dienone is 2. The highest BCUT2D eigenvalue weighted by Crippen LogP contribution is 2.28. The Kier molecular flexibility index (Phi) is 6.12. The molecule has 2 heterocycles. The third-order valence-corrected chi connectivity index (χ3v) is 3.68. The lowest BCUT2D eigenvalue weighted by Crippen LogP contribution is -2.08. The lowest BCUT2D eigenvalue weighted by atomic mass is 9.97. The fourth-order valence-corrected chi connectivity index (χ4v) is 2.62. The topological polar surface area (TPSA) is 25.8 Å². The van der Waals surface area contributed by atoms with E-state index in [4.69, 9.17) is 0 Å². The standard InChI is InChI=1S/C19H21F3N2/c1-3-6-15(7-4-2)18-16(8-5-11-23-18)12-14-9-10-17(24-13-14)19(20,21)22/h5-6,8-11,13H,3-4,7,12H2,1-2H3/b15-6+. The zero-order valence-corrected chi connectivity index (χ0v) is 13.9. The van der Waals surface area contributed by atoms with Crippen molar-refractivity contribution in [2.45, 2.75) is 45.7 Å². The second kappa shape index (κ2) is 8.08. The number of nitrogens with zero attached hydrogens (tertiary/aromatic N) is 2. The minimum atomic E-state index is -4.41. The summed E-state index contributed by atoms with van der Waals surface area (Å²) in [6, 6.07) is 6.33. The van der Waals surface area contributed by atoms with Crippen molar-refractivity contribution in [3.8, 4) is 0 Å². The molecule has 5 heteroatoms. The van der Waals surface area contributed by atoms with Gasteiger partial charge in [-0.15, -0.1) is 0 Å². The zero-order valence-electron chi connectivity index (χ0n) is 13.9. The first-order chi connectivity index (χ1) is 11.5. The smallest absolute Gasteiger partial charge is 0.256 e. The van der Waals surface area contributed by atoms with Gasteiger partial charge in [0.05, 0.1) is 5.69 Å². The van der Waals surface area contributed by atoms with E-state index in [1.807, 2.05) is 12.1 Å². The molecular weight excluding hydrogens is 313 g/mol. The Morgan fingerprint density at radius 1 is 1.12 bits per heavy atom. The summed E-state index contributed by atoms with van der Waals surface area (Å²) in [6.07, 6.45) is 4.20. The Hall–Kier alpha value is -2.17. The molecular formula is C19H21F3N2. The summed E-state index contributed by atoms with van der Waals surface area (Å²) in [5.74, 6) is 0. The number of rotatable bonds is 6. The molecule has 0 spiro atoms. The van der Waals surface area contributed by atoms with E-state index in [9.17, 15) is 13.2 Å². The largest absolute Gasteiger partial charge is 0.433 e. The summed E-state index contributed by atoms with van der Waals surface area (Å²) >= 11 is 0. The zero-order chi connectivity index (χ0) is 17.6. The van der Waals surface area contributed by atoms with Crippen LogP contribution < -0.4 is 0 Å². The summed E-state index contributed by atoms with van der Waals surface area (Å²) in [6.45, 7) is 4.20. The molecule has 0 saturated carbocycles. The van der Waals surface area contributed by atoms with Crippen LogP contribution in [0.5, 0.6) is 0 Å². The van der Waals surface area contributed by atoms with Gasteiger partial charge in [0, 0.05) is 18.8 Å². The van der Waals surface area contributed by atoms with E-state index in [1.54, 1.807) is 6.20 Å². The van der Waals surface area contributed by atoms with Crippen LogP contribution in [0.1, 0.15) is 55.6 Å². The van der Waals surface area contributed by atoms with Crippen LogP contribution in [0.3, 0.4) is 0 Å². The summed E-state index contributed by atoms with van der Waals surface area (Å²) in [7, 11) is 0. The Labute approximate surface area is 140 Å². The van der Waals surface area contributed by atoms with Crippen molar-refractivity contribution in [3.63, 3.8) is 0 Å². The van der Waals surface area contributed by atoms with Crippen molar-refractivity contribution in [3.05, 3.63) is 65.2 Å². The Balaban J connectivity index is 2.29. The van der Waals surface area contributed by atoms with Gasteiger partial charge in [-0.3, -0.25) is 9.97 Å². The van der Waals surface area contributed by atoms with E-state index in [1.165, 1.54) is 17.8 Å². The van der Waals surface area contributed by atoms with E-state index >= 15 is 0 Å². The molecule has 0 unspecified atom stereocenters. The van der Waals surface area contributed by atoms with Crippen molar-refractivity contribution < 1.29 is 13.2 Å². The van der Waals surface area contributed by atoms with Gasteiger partial charge in [0.15, 0.2) is 0 Å². The molecule has 0 amide bonds. The molecule has 2 nitrogen and oxygen atoms in total. The second-order valence-corrected chi connectivity index (χ2v) is 5.62. The summed E-state index contributed by atoms with van der Waals surface area (Å²) in [4.78, 5) is 8.03. The van der Waals surface area contributed by atoms with Crippen LogP contribution in [0, 0.1) is 0 Å². The normalized spacial score (nSPS) is 12.5. The van der Waals surface area contributed by atoms with Gasteiger partial charge in [0.1, 0.15) is 5.69 Å². The van der Waals surface area contributed by atoms with Gasteiger partial charge in [-0.05, 0) is 41.7 Å². The molecule has 0 saturated heterocycles. The Bertz CT molecular complexity index is 689. The van der Waals surface area contributed by atoms with E-state index < -0.39 is 11.9 Å². The predicted molar refractivity (Wildman–Crippen MR) is 89.5 cm³/mol. The minimum absolute atomic E-state index is 0.513. The third kappa shape index (κ3) is 4.66. The van der Waals surface area contributed by atoms with E-state index in [0.29, 0.717) is 6.42 Å². The number of pyridine rings is 2. The third-order valence-electron chi connectivity index (χ3n) is 3.68. The van der Waals surface area contributed by atoms with Crippen LogP contribution in [0.25, 0.3) is 5.57 Å². The number of alkyl halides is 3. The van der Waals surface area contributed by atoms with Crippen LogP contribution >= 0.6 is 0 Å². The quantitative estimate of drug-likeness (QED) is 0.679. The second-order valence-electron chi connectivity index (χ2n) is 5.62. The molecule has 0 N–H and O–H groups in total. The summed E-state index contributed by atoms with van der Waals surface area (Å²) in [5.41, 5.74) is 3.00. The van der Waals surface area contributed by atoms with E-state index in [-0.39, 0.29) is 0 Å². The molecule has 0 aliphatic carbocycles. The molecule has 0 aliphatic rings. The van der Waals surface area contributed by atoms with Gasteiger partial charge in [0.25, 0.3) is 0 Å². The van der Waals surface area contributed by atoms with Gasteiger partial charge in [0.2, 0.25) is 0 Å². The minimum Gasteiger partial charge on any atom is -0.256 e. The van der Waals surface area contributed by atoms with Crippen molar-refractivity contribution in [1.29, 1.82) is 0 Å². The van der Waals surface area contributed by atoms with Crippen LogP contribution in [-0.4, -0.2) is 9.97 Å². The lowest BCUT2D eigenvalue weighted by Gasteiger charge is -2.12. The SMILES string of the molecule is CC/C=C(\CCC)c1ncccc1Cc1ccc(C(F)(F)F)nc1. The highest BCUT2D eigenvalue weighted by Gasteiger charge is 2.32. The van der Waals surface area contributed by atoms with Gasteiger partial charge < -0.3 is 0 Å². The van der Waals surface area contributed by atoms with Crippen LogP contribution in [0.15, 0.2) is 42.7 Å². The number of aromatic nitrogens is 2. The van der Waals surface area contributed by atoms with Gasteiger partial charge in [-0.2, -0.15) is 13.2 Å². The Morgan fingerprint density at radius 3 is 2.50 bits per heavy atom. The Morgan fingerprint density at radius 2 is 1.92 bits per heavy atom. The molecule has 0 aliphatic heterocycles. The molecule has 2 rings (SSSR count). The van der Waals surface area contributed by atoms with E-state index in [2.05, 4.69) is 29.9 Å². The first kappa shape index (κ1) is 18.2. The van der Waals surface area contributed by atoms with Gasteiger partial charge in [-0.25, -0.2) is 0 Å². The number of hydrogen-bond donors (Lipinski definition) is 0. The maximum absolute atomic E-state index is 12.6. The highest BCUT2D eigenvalue weighted by molar-refractivity contribution is 5.65. The van der Waals surface area contributed by atoms with Crippen LogP contribution in [0.2, 0.25) is 0 Å². The maximum Gasteiger partial charge on any atom is 0.433 e. The molecule has 0 bridgehead atoms. The number of halogens is 3. The summed E-state index contributed by atoms with van der Waals surface area (Å²) < 4.78 is 37.8. The average molecular weight is 334 g/mol. The predicted octanol–water partition coefficient (Wildman–Crippen LogP) is 5.68.